The van der Waals surface area contributed by atoms with Crippen LogP contribution in [0, 0.1) is 11.3 Å². The van der Waals surface area contributed by atoms with Gasteiger partial charge in [0.1, 0.15) is 0 Å². The average Bonchev–Trinajstić information content (AvgIpc) is 2.81. The van der Waals surface area contributed by atoms with Gasteiger partial charge in [0, 0.05) is 22.5 Å². The highest BCUT2D eigenvalue weighted by Crippen LogP contribution is 2.33. The number of anilines is 1. The largest absolute Gasteiger partial charge is 0.417 e. The molecule has 0 aliphatic carbocycles. The van der Waals surface area contributed by atoms with Crippen LogP contribution in [0.3, 0.4) is 0 Å². The fourth-order valence-electron chi connectivity index (χ4n) is 1.62. The lowest BCUT2D eigenvalue weighted by molar-refractivity contribution is -0.137. The van der Waals surface area contributed by atoms with Crippen LogP contribution in [-0.2, 0) is 12.7 Å². The Balaban J connectivity index is 2.19. The van der Waals surface area contributed by atoms with Crippen LogP contribution in [0.4, 0.5) is 18.9 Å². The minimum atomic E-state index is -4.55. The fourth-order valence-corrected chi connectivity index (χ4v) is 2.63. The first-order chi connectivity index (χ1) is 9.40. The van der Waals surface area contributed by atoms with Gasteiger partial charge in [0.05, 0.1) is 22.2 Å². The van der Waals surface area contributed by atoms with E-state index in [-0.39, 0.29) is 5.56 Å². The van der Waals surface area contributed by atoms with Gasteiger partial charge in [0.25, 0.3) is 0 Å². The molecule has 0 saturated heterocycles. The van der Waals surface area contributed by atoms with Crippen LogP contribution < -0.4 is 5.32 Å². The highest BCUT2D eigenvalue weighted by atomic mass is 35.5. The van der Waals surface area contributed by atoms with Crippen LogP contribution in [0.5, 0.6) is 0 Å². The molecule has 1 aromatic carbocycles. The molecule has 0 atom stereocenters. The first-order valence-electron chi connectivity index (χ1n) is 5.48. The van der Waals surface area contributed by atoms with Crippen molar-refractivity contribution in [2.24, 2.45) is 0 Å². The highest BCUT2D eigenvalue weighted by molar-refractivity contribution is 7.10. The Morgan fingerprint density at radius 3 is 2.60 bits per heavy atom. The number of nitrogens with one attached hydrogen (secondary N) is 1. The van der Waals surface area contributed by atoms with Gasteiger partial charge in [-0.2, -0.15) is 18.4 Å². The van der Waals surface area contributed by atoms with Crippen LogP contribution in [-0.4, -0.2) is 0 Å². The number of nitriles is 1. The van der Waals surface area contributed by atoms with Gasteiger partial charge in [-0.3, -0.25) is 0 Å². The third-order valence-corrected chi connectivity index (χ3v) is 3.82. The second kappa shape index (κ2) is 5.73. The summed E-state index contributed by atoms with van der Waals surface area (Å²) in [4.78, 5) is 0.910. The van der Waals surface area contributed by atoms with E-state index < -0.39 is 11.7 Å². The SMILES string of the molecule is N#Cc1ccc(NCc2cc(Cl)cs2)cc1C(F)(F)F. The van der Waals surface area contributed by atoms with Gasteiger partial charge in [-0.25, -0.2) is 0 Å². The van der Waals surface area contributed by atoms with Gasteiger partial charge in [-0.1, -0.05) is 11.6 Å². The first kappa shape index (κ1) is 14.7. The quantitative estimate of drug-likeness (QED) is 0.873. The van der Waals surface area contributed by atoms with Crippen molar-refractivity contribution >= 4 is 28.6 Å². The van der Waals surface area contributed by atoms with Crippen molar-refractivity contribution in [2.45, 2.75) is 12.7 Å². The van der Waals surface area contributed by atoms with Crippen molar-refractivity contribution in [1.82, 2.24) is 0 Å². The summed E-state index contributed by atoms with van der Waals surface area (Å²) in [6.07, 6.45) is -4.55. The minimum absolute atomic E-state index is 0.306. The number of alkyl halides is 3. The summed E-state index contributed by atoms with van der Waals surface area (Å²) in [5.41, 5.74) is -1.02. The van der Waals surface area contributed by atoms with Crippen LogP contribution in [0.1, 0.15) is 16.0 Å². The molecule has 1 N–H and O–H groups in total. The lowest BCUT2D eigenvalue weighted by atomic mass is 10.1. The van der Waals surface area contributed by atoms with Gasteiger partial charge in [-0.05, 0) is 24.3 Å². The van der Waals surface area contributed by atoms with E-state index in [9.17, 15) is 13.2 Å². The number of rotatable bonds is 3. The molecule has 0 spiro atoms. The zero-order valence-corrected chi connectivity index (χ0v) is 11.5. The molecule has 0 aliphatic heterocycles. The Morgan fingerprint density at radius 2 is 2.05 bits per heavy atom. The Kier molecular flexibility index (Phi) is 4.21. The predicted molar refractivity (Wildman–Crippen MR) is 72.8 cm³/mol. The topological polar surface area (TPSA) is 35.8 Å². The number of hydrogen-bond acceptors (Lipinski definition) is 3. The molecular formula is C13H8ClF3N2S. The van der Waals surface area contributed by atoms with Gasteiger partial charge < -0.3 is 5.32 Å². The molecule has 1 aromatic heterocycles. The van der Waals surface area contributed by atoms with Crippen LogP contribution in [0.2, 0.25) is 5.02 Å². The normalized spacial score (nSPS) is 11.2. The smallest absolute Gasteiger partial charge is 0.380 e. The van der Waals surface area contributed by atoms with Crippen LogP contribution in [0.25, 0.3) is 0 Å². The molecule has 7 heteroatoms. The Labute approximate surface area is 122 Å². The summed E-state index contributed by atoms with van der Waals surface area (Å²) in [7, 11) is 0. The molecule has 0 saturated carbocycles. The molecule has 0 radical (unpaired) electrons. The summed E-state index contributed by atoms with van der Waals surface area (Å²) in [5, 5.41) is 13.9. The molecule has 0 bridgehead atoms. The van der Waals surface area contributed by atoms with Crippen molar-refractivity contribution in [2.75, 3.05) is 5.32 Å². The van der Waals surface area contributed by atoms with Crippen molar-refractivity contribution in [1.29, 1.82) is 5.26 Å². The van der Waals surface area contributed by atoms with Crippen molar-refractivity contribution < 1.29 is 13.2 Å². The molecule has 20 heavy (non-hydrogen) atoms. The Bertz CT molecular complexity index is 658. The zero-order chi connectivity index (χ0) is 14.8. The maximum absolute atomic E-state index is 12.8. The molecule has 0 fully saturated rings. The minimum Gasteiger partial charge on any atom is -0.380 e. The second-order valence-electron chi connectivity index (χ2n) is 3.95. The molecule has 0 amide bonds. The number of thiophene rings is 1. The zero-order valence-electron chi connectivity index (χ0n) is 9.96. The maximum atomic E-state index is 12.8. The van der Waals surface area contributed by atoms with Gasteiger partial charge in [0.2, 0.25) is 0 Å². The monoisotopic (exact) mass is 316 g/mol. The standard InChI is InChI=1S/C13H8ClF3N2S/c14-9-3-11(20-7-9)6-19-10-2-1-8(5-18)12(4-10)13(15,16)17/h1-4,7,19H,6H2. The van der Waals surface area contributed by atoms with Crippen LogP contribution >= 0.6 is 22.9 Å². The first-order valence-corrected chi connectivity index (χ1v) is 6.74. The lowest BCUT2D eigenvalue weighted by Crippen LogP contribution is -2.09. The summed E-state index contributed by atoms with van der Waals surface area (Å²) in [6.45, 7) is 0.376. The lowest BCUT2D eigenvalue weighted by Gasteiger charge is -2.11. The van der Waals surface area contributed by atoms with Gasteiger partial charge in [0.15, 0.2) is 0 Å². The number of hydrogen-bond donors (Lipinski definition) is 1. The molecule has 1 heterocycles. The summed E-state index contributed by atoms with van der Waals surface area (Å²) in [5.74, 6) is 0. The molecule has 2 rings (SSSR count). The van der Waals surface area contributed by atoms with Crippen LogP contribution in [0.15, 0.2) is 29.6 Å². The Hall–Kier alpha value is -1.71. The van der Waals surface area contributed by atoms with E-state index in [1.165, 1.54) is 17.4 Å². The van der Waals surface area contributed by atoms with E-state index in [0.29, 0.717) is 17.3 Å². The fraction of sp³-hybridized carbons (Fsp3) is 0.154. The van der Waals surface area contributed by atoms with E-state index in [4.69, 9.17) is 16.9 Å². The van der Waals surface area contributed by atoms with E-state index >= 15 is 0 Å². The number of benzene rings is 1. The van der Waals surface area contributed by atoms with E-state index in [1.54, 1.807) is 17.5 Å². The third kappa shape index (κ3) is 3.44. The van der Waals surface area contributed by atoms with Crippen molar-refractivity contribution in [3.63, 3.8) is 0 Å². The van der Waals surface area contributed by atoms with Gasteiger partial charge in [-0.15, -0.1) is 11.3 Å². The molecule has 2 nitrogen and oxygen atoms in total. The van der Waals surface area contributed by atoms with Crippen molar-refractivity contribution in [3.8, 4) is 6.07 Å². The molecule has 0 unspecified atom stereocenters. The number of nitrogens with zero attached hydrogens (tertiary/aromatic N) is 1. The molecule has 2 aromatic rings. The van der Waals surface area contributed by atoms with Gasteiger partial charge >= 0.3 is 6.18 Å². The molecular weight excluding hydrogens is 309 g/mol. The summed E-state index contributed by atoms with van der Waals surface area (Å²) < 4.78 is 38.4. The van der Waals surface area contributed by atoms with Crippen molar-refractivity contribution in [3.05, 3.63) is 50.7 Å². The average molecular weight is 317 g/mol. The molecule has 0 aliphatic rings. The van der Waals surface area contributed by atoms with E-state index in [0.717, 1.165) is 17.0 Å². The molecule has 104 valence electrons. The van der Waals surface area contributed by atoms with E-state index in [2.05, 4.69) is 5.32 Å². The highest BCUT2D eigenvalue weighted by Gasteiger charge is 2.33. The maximum Gasteiger partial charge on any atom is 0.417 e. The summed E-state index contributed by atoms with van der Waals surface area (Å²) >= 11 is 7.18. The number of halogens is 4. The third-order valence-electron chi connectivity index (χ3n) is 2.53. The van der Waals surface area contributed by atoms with E-state index in [1.807, 2.05) is 0 Å². The summed E-state index contributed by atoms with van der Waals surface area (Å²) in [6, 6.07) is 6.83. The Morgan fingerprint density at radius 1 is 1.30 bits per heavy atom. The second-order valence-corrected chi connectivity index (χ2v) is 5.39. The predicted octanol–water partition coefficient (Wildman–Crippen LogP) is 4.90.